The number of hydrogen-bond donors (Lipinski definition) is 1. The smallest absolute Gasteiger partial charge is 0.246 e. The molecule has 1 aliphatic heterocycles. The van der Waals surface area contributed by atoms with Gasteiger partial charge < -0.3 is 10.2 Å². The monoisotopic (exact) mass is 284 g/mol. The second-order valence-corrected chi connectivity index (χ2v) is 5.66. The summed E-state index contributed by atoms with van der Waals surface area (Å²) >= 11 is 0. The van der Waals surface area contributed by atoms with Crippen molar-refractivity contribution in [3.8, 4) is 0 Å². The van der Waals surface area contributed by atoms with Crippen molar-refractivity contribution in [3.05, 3.63) is 48.0 Å². The summed E-state index contributed by atoms with van der Waals surface area (Å²) in [7, 11) is 0. The van der Waals surface area contributed by atoms with Crippen LogP contribution in [-0.4, -0.2) is 35.8 Å². The summed E-state index contributed by atoms with van der Waals surface area (Å²) in [5, 5.41) is 2.93. The van der Waals surface area contributed by atoms with Gasteiger partial charge >= 0.3 is 0 Å². The van der Waals surface area contributed by atoms with Crippen molar-refractivity contribution < 1.29 is 9.59 Å². The van der Waals surface area contributed by atoms with Crippen molar-refractivity contribution in [2.45, 2.75) is 25.3 Å². The number of carbonyl (C=O) groups is 2. The maximum atomic E-state index is 12.2. The minimum atomic E-state index is -0.422. The zero-order chi connectivity index (χ0) is 14.7. The molecule has 0 aromatic heterocycles. The van der Waals surface area contributed by atoms with Gasteiger partial charge in [-0.1, -0.05) is 42.5 Å². The molecule has 1 aliphatic carbocycles. The molecular formula is C17H20N2O2. The lowest BCUT2D eigenvalue weighted by Gasteiger charge is -2.23. The molecule has 0 saturated heterocycles. The van der Waals surface area contributed by atoms with Crippen molar-refractivity contribution in [3.63, 3.8) is 0 Å². The molecule has 21 heavy (non-hydrogen) atoms. The predicted octanol–water partition coefficient (Wildman–Crippen LogP) is 1.52. The summed E-state index contributed by atoms with van der Waals surface area (Å²) in [5.41, 5.74) is 1.20. The van der Waals surface area contributed by atoms with Crippen LogP contribution in [0.1, 0.15) is 18.4 Å². The van der Waals surface area contributed by atoms with Gasteiger partial charge in [0.05, 0.1) is 0 Å². The molecule has 1 aromatic carbocycles. The second-order valence-electron chi connectivity index (χ2n) is 5.66. The van der Waals surface area contributed by atoms with E-state index in [1.807, 2.05) is 42.5 Å². The van der Waals surface area contributed by atoms with Gasteiger partial charge in [0.25, 0.3) is 0 Å². The summed E-state index contributed by atoms with van der Waals surface area (Å²) in [6.45, 7) is 1.16. The average molecular weight is 284 g/mol. The van der Waals surface area contributed by atoms with Crippen molar-refractivity contribution in [1.29, 1.82) is 0 Å². The fourth-order valence-electron chi connectivity index (χ4n) is 2.62. The molecule has 0 spiro atoms. The zero-order valence-electron chi connectivity index (χ0n) is 12.0. The Morgan fingerprint density at radius 2 is 1.95 bits per heavy atom. The molecule has 0 bridgehead atoms. The van der Waals surface area contributed by atoms with Gasteiger partial charge in [-0.15, -0.1) is 0 Å². The number of nitrogens with zero attached hydrogens (tertiary/aromatic N) is 1. The molecule has 0 unspecified atom stereocenters. The molecule has 2 aliphatic rings. The molecule has 110 valence electrons. The molecule has 4 heteroatoms. The van der Waals surface area contributed by atoms with Crippen LogP contribution >= 0.6 is 0 Å². The highest BCUT2D eigenvalue weighted by Gasteiger charge is 2.38. The Kier molecular flexibility index (Phi) is 4.04. The van der Waals surface area contributed by atoms with Crippen molar-refractivity contribution in [2.75, 3.05) is 13.1 Å². The molecule has 1 saturated carbocycles. The average Bonchev–Trinajstić information content (AvgIpc) is 3.24. The van der Waals surface area contributed by atoms with Gasteiger partial charge in [0.2, 0.25) is 11.8 Å². The first-order valence-corrected chi connectivity index (χ1v) is 7.54. The van der Waals surface area contributed by atoms with Crippen LogP contribution < -0.4 is 5.32 Å². The predicted molar refractivity (Wildman–Crippen MR) is 80.5 cm³/mol. The van der Waals surface area contributed by atoms with Crippen LogP contribution in [0.4, 0.5) is 0 Å². The first-order valence-electron chi connectivity index (χ1n) is 7.54. The number of carbonyl (C=O) groups excluding carboxylic acids is 2. The van der Waals surface area contributed by atoms with E-state index in [-0.39, 0.29) is 17.7 Å². The maximum absolute atomic E-state index is 12.2. The number of nitrogens with one attached hydrogen (secondary N) is 1. The summed E-state index contributed by atoms with van der Waals surface area (Å²) in [5.74, 6) is 0.210. The summed E-state index contributed by atoms with van der Waals surface area (Å²) in [6.07, 6.45) is 6.48. The zero-order valence-corrected chi connectivity index (χ0v) is 12.0. The van der Waals surface area contributed by atoms with E-state index in [2.05, 4.69) is 5.32 Å². The first kappa shape index (κ1) is 13.9. The Bertz CT molecular complexity index is 549. The third kappa shape index (κ3) is 3.32. The second kappa shape index (κ2) is 6.12. The van der Waals surface area contributed by atoms with Gasteiger partial charge in [-0.2, -0.15) is 0 Å². The maximum Gasteiger partial charge on any atom is 0.246 e. The van der Waals surface area contributed by atoms with Crippen LogP contribution in [0.2, 0.25) is 0 Å². The molecule has 2 amide bonds. The van der Waals surface area contributed by atoms with Gasteiger partial charge in [0.1, 0.15) is 6.04 Å². The Labute approximate surface area is 124 Å². The van der Waals surface area contributed by atoms with Crippen molar-refractivity contribution in [1.82, 2.24) is 10.2 Å². The Morgan fingerprint density at radius 3 is 2.67 bits per heavy atom. The molecule has 0 radical (unpaired) electrons. The quantitative estimate of drug-likeness (QED) is 0.834. The molecule has 4 nitrogen and oxygen atoms in total. The number of benzene rings is 1. The lowest BCUT2D eigenvalue weighted by Crippen LogP contribution is -2.47. The summed E-state index contributed by atoms with van der Waals surface area (Å²) < 4.78 is 0. The third-order valence-corrected chi connectivity index (χ3v) is 3.99. The standard InChI is InChI=1S/C17H20N2O2/c20-16(18-11-10-13-5-2-1-3-6-13)15-7-4-12-19(15)17(21)14-8-9-14/h1-7,14-15H,8-12H2,(H,18,20)/t15-/m0/s1. The van der Waals surface area contributed by atoms with Crippen LogP contribution in [-0.2, 0) is 16.0 Å². The molecule has 3 rings (SSSR count). The highest BCUT2D eigenvalue weighted by molar-refractivity contribution is 5.91. The fraction of sp³-hybridized carbons (Fsp3) is 0.412. The van der Waals surface area contributed by atoms with Gasteiger partial charge in [0.15, 0.2) is 0 Å². The SMILES string of the molecule is O=C(NCCc1ccccc1)[C@@H]1C=CCN1C(=O)C1CC1. The molecule has 1 heterocycles. The van der Waals surface area contributed by atoms with E-state index >= 15 is 0 Å². The minimum absolute atomic E-state index is 0.0753. The Balaban J connectivity index is 1.50. The van der Waals surface area contributed by atoms with Gasteiger partial charge in [0, 0.05) is 19.0 Å². The van der Waals surface area contributed by atoms with E-state index in [1.54, 1.807) is 4.90 Å². The number of amides is 2. The van der Waals surface area contributed by atoms with E-state index < -0.39 is 6.04 Å². The highest BCUT2D eigenvalue weighted by atomic mass is 16.2. The number of hydrogen-bond acceptors (Lipinski definition) is 2. The molecule has 1 fully saturated rings. The largest absolute Gasteiger partial charge is 0.354 e. The Hall–Kier alpha value is -2.10. The van der Waals surface area contributed by atoms with Gasteiger partial charge in [-0.3, -0.25) is 9.59 Å². The van der Waals surface area contributed by atoms with E-state index in [9.17, 15) is 9.59 Å². The highest BCUT2D eigenvalue weighted by Crippen LogP contribution is 2.32. The van der Waals surface area contributed by atoms with Gasteiger partial charge in [-0.05, 0) is 24.8 Å². The van der Waals surface area contributed by atoms with Crippen LogP contribution in [0.25, 0.3) is 0 Å². The Morgan fingerprint density at radius 1 is 1.19 bits per heavy atom. The third-order valence-electron chi connectivity index (χ3n) is 3.99. The van der Waals surface area contributed by atoms with E-state index in [4.69, 9.17) is 0 Å². The van der Waals surface area contributed by atoms with E-state index in [1.165, 1.54) is 5.56 Å². The topological polar surface area (TPSA) is 49.4 Å². The van der Waals surface area contributed by atoms with E-state index in [0.717, 1.165) is 19.3 Å². The fourth-order valence-corrected chi connectivity index (χ4v) is 2.62. The molecular weight excluding hydrogens is 264 g/mol. The van der Waals surface area contributed by atoms with Crippen molar-refractivity contribution >= 4 is 11.8 Å². The first-order chi connectivity index (χ1) is 10.3. The molecule has 1 aromatic rings. The van der Waals surface area contributed by atoms with Crippen molar-refractivity contribution in [2.24, 2.45) is 5.92 Å². The lowest BCUT2D eigenvalue weighted by molar-refractivity contribution is -0.138. The molecule has 1 atom stereocenters. The normalized spacial score (nSPS) is 20.6. The minimum Gasteiger partial charge on any atom is -0.354 e. The lowest BCUT2D eigenvalue weighted by atomic mass is 10.1. The summed E-state index contributed by atoms with van der Waals surface area (Å²) in [4.78, 5) is 26.1. The van der Waals surface area contributed by atoms with Gasteiger partial charge in [-0.25, -0.2) is 0 Å². The van der Waals surface area contributed by atoms with E-state index in [0.29, 0.717) is 13.1 Å². The summed E-state index contributed by atoms with van der Waals surface area (Å²) in [6, 6.07) is 9.63. The van der Waals surface area contributed by atoms with Crippen LogP contribution in [0, 0.1) is 5.92 Å². The van der Waals surface area contributed by atoms with Crippen LogP contribution in [0.5, 0.6) is 0 Å². The number of rotatable bonds is 5. The van der Waals surface area contributed by atoms with Crippen LogP contribution in [0.3, 0.4) is 0 Å². The molecule has 1 N–H and O–H groups in total. The van der Waals surface area contributed by atoms with Crippen LogP contribution in [0.15, 0.2) is 42.5 Å².